The smallest absolute Gasteiger partial charge is 0.147 e. The lowest BCUT2D eigenvalue weighted by Gasteiger charge is -2.13. The van der Waals surface area contributed by atoms with Gasteiger partial charge in [0.05, 0.1) is 0 Å². The Morgan fingerprint density at radius 2 is 2.17 bits per heavy atom. The van der Waals surface area contributed by atoms with Crippen molar-refractivity contribution in [3.05, 3.63) is 42.0 Å². The third kappa shape index (κ3) is 2.53. The number of pyridine rings is 1. The predicted molar refractivity (Wildman–Crippen MR) is 63.3 cm³/mol. The van der Waals surface area contributed by atoms with E-state index in [1.165, 1.54) is 24.7 Å². The van der Waals surface area contributed by atoms with Crippen LogP contribution in [0.2, 0.25) is 0 Å². The van der Waals surface area contributed by atoms with Gasteiger partial charge in [-0.25, -0.2) is 14.1 Å². The van der Waals surface area contributed by atoms with Crippen LogP contribution in [0.4, 0.5) is 4.39 Å². The highest BCUT2D eigenvalue weighted by atomic mass is 19.1. The molecule has 1 unspecified atom stereocenters. The highest BCUT2D eigenvalue weighted by molar-refractivity contribution is 5.11. The second kappa shape index (κ2) is 5.22. The molecule has 0 aromatic carbocycles. The van der Waals surface area contributed by atoms with Gasteiger partial charge in [0.25, 0.3) is 0 Å². The van der Waals surface area contributed by atoms with Crippen LogP contribution in [0.3, 0.4) is 0 Å². The summed E-state index contributed by atoms with van der Waals surface area (Å²) < 4.78 is 15.2. The largest absolute Gasteiger partial charge is 0.386 e. The van der Waals surface area contributed by atoms with Crippen LogP contribution < -0.4 is 0 Å². The number of nitrogens with zero attached hydrogens (tertiary/aromatic N) is 4. The van der Waals surface area contributed by atoms with E-state index >= 15 is 0 Å². The molecular formula is C12H15FN4O. The minimum atomic E-state index is -1.02. The monoisotopic (exact) mass is 250 g/mol. The predicted octanol–water partition coefficient (Wildman–Crippen LogP) is 1.67. The van der Waals surface area contributed by atoms with Gasteiger partial charge in [-0.3, -0.25) is 4.98 Å². The van der Waals surface area contributed by atoms with Gasteiger partial charge in [-0.1, -0.05) is 0 Å². The lowest BCUT2D eigenvalue weighted by molar-refractivity contribution is 0.163. The van der Waals surface area contributed by atoms with Crippen molar-refractivity contribution in [2.75, 3.05) is 0 Å². The highest BCUT2D eigenvalue weighted by Gasteiger charge is 2.18. The average molecular weight is 250 g/mol. The molecule has 0 saturated carbocycles. The maximum absolute atomic E-state index is 13.5. The maximum atomic E-state index is 13.5. The molecule has 0 aliphatic rings. The van der Waals surface area contributed by atoms with Crippen LogP contribution in [-0.2, 0) is 6.42 Å². The summed E-state index contributed by atoms with van der Waals surface area (Å²) in [7, 11) is 0. The number of halogens is 1. The molecule has 0 bridgehead atoms. The minimum Gasteiger partial charge on any atom is -0.386 e. The topological polar surface area (TPSA) is 63.8 Å². The quantitative estimate of drug-likeness (QED) is 0.896. The molecule has 2 aromatic rings. The fourth-order valence-corrected chi connectivity index (χ4v) is 1.76. The highest BCUT2D eigenvalue weighted by Crippen LogP contribution is 2.18. The zero-order valence-corrected chi connectivity index (χ0v) is 10.3. The molecule has 1 N–H and O–H groups in total. The van der Waals surface area contributed by atoms with Crippen molar-refractivity contribution in [2.45, 2.75) is 32.4 Å². The second-order valence-electron chi connectivity index (χ2n) is 4.30. The Kier molecular flexibility index (Phi) is 3.66. The molecule has 5 nitrogen and oxygen atoms in total. The normalized spacial score (nSPS) is 12.9. The summed E-state index contributed by atoms with van der Waals surface area (Å²) in [6, 6.07) is 2.91. The van der Waals surface area contributed by atoms with Gasteiger partial charge < -0.3 is 5.11 Å². The van der Waals surface area contributed by atoms with Crippen LogP contribution in [0, 0.1) is 5.82 Å². The van der Waals surface area contributed by atoms with Crippen molar-refractivity contribution < 1.29 is 9.50 Å². The fraction of sp³-hybridized carbons (Fsp3) is 0.417. The molecule has 1 atom stereocenters. The molecular weight excluding hydrogens is 235 g/mol. The van der Waals surface area contributed by atoms with Gasteiger partial charge in [0.15, 0.2) is 0 Å². The molecule has 0 radical (unpaired) electrons. The van der Waals surface area contributed by atoms with E-state index in [0.717, 1.165) is 0 Å². The summed E-state index contributed by atoms with van der Waals surface area (Å²) in [6.07, 6.45) is 2.05. The van der Waals surface area contributed by atoms with E-state index in [-0.39, 0.29) is 18.2 Å². The van der Waals surface area contributed by atoms with E-state index in [2.05, 4.69) is 15.1 Å². The zero-order chi connectivity index (χ0) is 13.1. The summed E-state index contributed by atoms with van der Waals surface area (Å²) >= 11 is 0. The molecule has 2 rings (SSSR count). The Labute approximate surface area is 104 Å². The van der Waals surface area contributed by atoms with E-state index in [9.17, 15) is 9.50 Å². The van der Waals surface area contributed by atoms with Gasteiger partial charge in [-0.2, -0.15) is 5.10 Å². The standard InChI is InChI=1S/C12H15FN4O/c1-8(2)17-11(15-7-16-17)6-10(18)12-9(13)4-3-5-14-12/h3-5,7-8,10,18H,6H2,1-2H3. The first kappa shape index (κ1) is 12.6. The van der Waals surface area contributed by atoms with Crippen LogP contribution in [-0.4, -0.2) is 24.9 Å². The first-order valence-electron chi connectivity index (χ1n) is 5.76. The lowest BCUT2D eigenvalue weighted by Crippen LogP contribution is -2.13. The molecule has 2 aromatic heterocycles. The van der Waals surface area contributed by atoms with Crippen LogP contribution in [0.5, 0.6) is 0 Å². The van der Waals surface area contributed by atoms with Crippen molar-refractivity contribution in [3.8, 4) is 0 Å². The fourth-order valence-electron chi connectivity index (χ4n) is 1.76. The molecule has 0 spiro atoms. The zero-order valence-electron chi connectivity index (χ0n) is 10.3. The number of rotatable bonds is 4. The molecule has 0 aliphatic heterocycles. The van der Waals surface area contributed by atoms with Gasteiger partial charge in [0.1, 0.15) is 29.8 Å². The lowest BCUT2D eigenvalue weighted by atomic mass is 10.1. The molecule has 18 heavy (non-hydrogen) atoms. The molecule has 96 valence electrons. The van der Waals surface area contributed by atoms with E-state index < -0.39 is 11.9 Å². The first-order chi connectivity index (χ1) is 8.59. The van der Waals surface area contributed by atoms with Crippen molar-refractivity contribution in [1.29, 1.82) is 0 Å². The number of hydrogen-bond donors (Lipinski definition) is 1. The summed E-state index contributed by atoms with van der Waals surface area (Å²) in [5.74, 6) is 0.100. The van der Waals surface area contributed by atoms with E-state index in [1.54, 1.807) is 4.68 Å². The third-order valence-corrected chi connectivity index (χ3v) is 2.61. The molecule has 0 amide bonds. The van der Waals surface area contributed by atoms with Crippen molar-refractivity contribution in [3.63, 3.8) is 0 Å². The Morgan fingerprint density at radius 3 is 2.83 bits per heavy atom. The second-order valence-corrected chi connectivity index (χ2v) is 4.30. The van der Waals surface area contributed by atoms with Crippen molar-refractivity contribution in [2.24, 2.45) is 0 Å². The first-order valence-corrected chi connectivity index (χ1v) is 5.76. The number of aromatic nitrogens is 4. The van der Waals surface area contributed by atoms with E-state index in [1.807, 2.05) is 13.8 Å². The maximum Gasteiger partial charge on any atom is 0.147 e. The van der Waals surface area contributed by atoms with Crippen LogP contribution in [0.1, 0.15) is 37.5 Å². The van der Waals surface area contributed by atoms with Gasteiger partial charge in [0.2, 0.25) is 0 Å². The third-order valence-electron chi connectivity index (χ3n) is 2.61. The number of hydrogen-bond acceptors (Lipinski definition) is 4. The Bertz CT molecular complexity index is 526. The SMILES string of the molecule is CC(C)n1ncnc1CC(O)c1ncccc1F. The van der Waals surface area contributed by atoms with Gasteiger partial charge >= 0.3 is 0 Å². The van der Waals surface area contributed by atoms with Gasteiger partial charge in [0, 0.05) is 18.7 Å². The minimum absolute atomic E-state index is 0.0378. The number of aliphatic hydroxyl groups excluding tert-OH is 1. The molecule has 0 fully saturated rings. The van der Waals surface area contributed by atoms with E-state index in [4.69, 9.17) is 0 Å². The molecule has 0 aliphatic carbocycles. The Balaban J connectivity index is 2.19. The molecule has 0 saturated heterocycles. The Morgan fingerprint density at radius 1 is 1.39 bits per heavy atom. The van der Waals surface area contributed by atoms with Gasteiger partial charge in [-0.15, -0.1) is 0 Å². The average Bonchev–Trinajstić information content (AvgIpc) is 2.77. The summed E-state index contributed by atoms with van der Waals surface area (Å²) in [4.78, 5) is 7.93. The number of aliphatic hydroxyl groups is 1. The molecule has 2 heterocycles. The van der Waals surface area contributed by atoms with Crippen LogP contribution >= 0.6 is 0 Å². The Hall–Kier alpha value is -1.82. The van der Waals surface area contributed by atoms with Gasteiger partial charge in [-0.05, 0) is 26.0 Å². The van der Waals surface area contributed by atoms with Crippen LogP contribution in [0.15, 0.2) is 24.7 Å². The summed E-state index contributed by atoms with van der Waals surface area (Å²) in [6.45, 7) is 3.93. The van der Waals surface area contributed by atoms with Crippen molar-refractivity contribution in [1.82, 2.24) is 19.7 Å². The van der Waals surface area contributed by atoms with Crippen molar-refractivity contribution >= 4 is 0 Å². The summed E-state index contributed by atoms with van der Waals surface area (Å²) in [5, 5.41) is 14.1. The van der Waals surface area contributed by atoms with Crippen LogP contribution in [0.25, 0.3) is 0 Å². The van der Waals surface area contributed by atoms with E-state index in [0.29, 0.717) is 5.82 Å². The molecule has 6 heteroatoms. The summed E-state index contributed by atoms with van der Waals surface area (Å²) in [5.41, 5.74) is 0.0378.